The molecule has 1 unspecified atom stereocenters. The lowest BCUT2D eigenvalue weighted by Crippen LogP contribution is -2.27. The van der Waals surface area contributed by atoms with Crippen LogP contribution in [-0.4, -0.2) is 18.0 Å². The van der Waals surface area contributed by atoms with E-state index in [4.69, 9.17) is 4.42 Å². The Labute approximate surface area is 99.8 Å². The van der Waals surface area contributed by atoms with Crippen LogP contribution in [0.15, 0.2) is 21.2 Å². The monoisotopic (exact) mass is 271 g/mol. The number of likely N-dealkylation sites (tertiary alicyclic amines) is 1. The lowest BCUT2D eigenvalue weighted by atomic mass is 10.2. The first-order valence-electron chi connectivity index (χ1n) is 5.76. The lowest BCUT2D eigenvalue weighted by Gasteiger charge is -2.25. The van der Waals surface area contributed by atoms with Gasteiger partial charge < -0.3 is 4.42 Å². The van der Waals surface area contributed by atoms with Crippen LogP contribution in [0, 0.1) is 0 Å². The Kier molecular flexibility index (Phi) is 3.87. The summed E-state index contributed by atoms with van der Waals surface area (Å²) in [5, 5.41) is 0. The summed E-state index contributed by atoms with van der Waals surface area (Å²) in [7, 11) is 0. The van der Waals surface area contributed by atoms with Crippen LogP contribution in [0.2, 0.25) is 0 Å². The van der Waals surface area contributed by atoms with E-state index in [0.29, 0.717) is 6.04 Å². The Morgan fingerprint density at radius 1 is 1.20 bits per heavy atom. The summed E-state index contributed by atoms with van der Waals surface area (Å²) in [5.74, 6) is 1.07. The molecule has 0 spiro atoms. The predicted molar refractivity (Wildman–Crippen MR) is 64.9 cm³/mol. The maximum Gasteiger partial charge on any atom is 0.169 e. The van der Waals surface area contributed by atoms with Gasteiger partial charge in [-0.25, -0.2) is 0 Å². The van der Waals surface area contributed by atoms with Crippen molar-refractivity contribution in [3.63, 3.8) is 0 Å². The van der Waals surface area contributed by atoms with Crippen molar-refractivity contribution >= 4 is 15.9 Å². The molecule has 0 amide bonds. The summed E-state index contributed by atoms with van der Waals surface area (Å²) in [6, 6.07) is 4.46. The minimum atomic E-state index is 0.411. The average molecular weight is 272 g/mol. The fourth-order valence-electron chi connectivity index (χ4n) is 2.22. The average Bonchev–Trinajstić information content (AvgIpc) is 2.53. The van der Waals surface area contributed by atoms with Gasteiger partial charge in [0.1, 0.15) is 5.76 Å². The van der Waals surface area contributed by atoms with E-state index in [1.54, 1.807) is 0 Å². The molecule has 1 aliphatic heterocycles. The number of nitrogens with zero attached hydrogens (tertiary/aromatic N) is 1. The predicted octanol–water partition coefficient (Wildman–Crippen LogP) is 3.98. The van der Waals surface area contributed by atoms with Gasteiger partial charge in [0.2, 0.25) is 0 Å². The first kappa shape index (κ1) is 11.2. The van der Waals surface area contributed by atoms with Crippen molar-refractivity contribution in [1.82, 2.24) is 4.90 Å². The Hall–Kier alpha value is -0.280. The number of halogens is 1. The van der Waals surface area contributed by atoms with E-state index in [9.17, 15) is 0 Å². The quantitative estimate of drug-likeness (QED) is 0.809. The van der Waals surface area contributed by atoms with Crippen molar-refractivity contribution < 1.29 is 4.42 Å². The molecule has 1 atom stereocenters. The zero-order valence-corrected chi connectivity index (χ0v) is 10.8. The maximum atomic E-state index is 5.61. The van der Waals surface area contributed by atoms with Gasteiger partial charge in [-0.1, -0.05) is 12.8 Å². The van der Waals surface area contributed by atoms with E-state index in [2.05, 4.69) is 33.8 Å². The zero-order valence-electron chi connectivity index (χ0n) is 9.21. The minimum Gasteiger partial charge on any atom is -0.453 e. The van der Waals surface area contributed by atoms with E-state index >= 15 is 0 Å². The van der Waals surface area contributed by atoms with Crippen LogP contribution in [0.5, 0.6) is 0 Å². The molecule has 1 saturated heterocycles. The molecule has 84 valence electrons. The van der Waals surface area contributed by atoms with Crippen molar-refractivity contribution in [2.75, 3.05) is 13.1 Å². The van der Waals surface area contributed by atoms with Crippen molar-refractivity contribution in [1.29, 1.82) is 0 Å². The Morgan fingerprint density at radius 2 is 1.87 bits per heavy atom. The number of hydrogen-bond acceptors (Lipinski definition) is 2. The summed E-state index contributed by atoms with van der Waals surface area (Å²) in [6.07, 6.45) is 5.41. The lowest BCUT2D eigenvalue weighted by molar-refractivity contribution is 0.194. The van der Waals surface area contributed by atoms with Crippen molar-refractivity contribution in [3.05, 3.63) is 22.6 Å². The van der Waals surface area contributed by atoms with Crippen LogP contribution < -0.4 is 0 Å². The van der Waals surface area contributed by atoms with Crippen LogP contribution in [0.25, 0.3) is 0 Å². The van der Waals surface area contributed by atoms with Crippen LogP contribution in [0.4, 0.5) is 0 Å². The number of furan rings is 1. The highest BCUT2D eigenvalue weighted by Gasteiger charge is 2.19. The second kappa shape index (κ2) is 5.17. The molecular weight excluding hydrogens is 254 g/mol. The van der Waals surface area contributed by atoms with Crippen LogP contribution in [0.1, 0.15) is 44.4 Å². The first-order valence-corrected chi connectivity index (χ1v) is 6.56. The summed E-state index contributed by atoms with van der Waals surface area (Å²) >= 11 is 3.35. The molecule has 3 heteroatoms. The fourth-order valence-corrected chi connectivity index (χ4v) is 2.53. The van der Waals surface area contributed by atoms with Gasteiger partial charge in [0.15, 0.2) is 4.67 Å². The zero-order chi connectivity index (χ0) is 10.7. The molecule has 0 bridgehead atoms. The van der Waals surface area contributed by atoms with Gasteiger partial charge in [-0.05, 0) is 60.9 Å². The fraction of sp³-hybridized carbons (Fsp3) is 0.667. The van der Waals surface area contributed by atoms with E-state index < -0.39 is 0 Å². The highest BCUT2D eigenvalue weighted by atomic mass is 79.9. The molecule has 1 aromatic heterocycles. The van der Waals surface area contributed by atoms with Gasteiger partial charge in [-0.2, -0.15) is 0 Å². The third-order valence-electron chi connectivity index (χ3n) is 3.19. The van der Waals surface area contributed by atoms with E-state index in [1.165, 1.54) is 38.8 Å². The third kappa shape index (κ3) is 2.85. The molecular formula is C12H18BrNO. The highest BCUT2D eigenvalue weighted by molar-refractivity contribution is 9.10. The molecule has 15 heavy (non-hydrogen) atoms. The topological polar surface area (TPSA) is 16.4 Å². The van der Waals surface area contributed by atoms with Crippen molar-refractivity contribution in [2.45, 2.75) is 38.6 Å². The van der Waals surface area contributed by atoms with Gasteiger partial charge in [0.25, 0.3) is 0 Å². The Bertz CT molecular complexity index is 302. The van der Waals surface area contributed by atoms with Crippen molar-refractivity contribution in [3.8, 4) is 0 Å². The maximum absolute atomic E-state index is 5.61. The van der Waals surface area contributed by atoms with Gasteiger partial charge in [0, 0.05) is 0 Å². The van der Waals surface area contributed by atoms with E-state index in [0.717, 1.165) is 10.4 Å². The standard InChI is InChI=1S/C12H18BrNO/c1-10(11-6-7-12(13)15-11)14-8-4-2-3-5-9-14/h6-7,10H,2-5,8-9H2,1H3. The first-order chi connectivity index (χ1) is 7.27. The highest BCUT2D eigenvalue weighted by Crippen LogP contribution is 2.26. The molecule has 0 N–H and O–H groups in total. The molecule has 2 heterocycles. The van der Waals surface area contributed by atoms with Gasteiger partial charge >= 0.3 is 0 Å². The van der Waals surface area contributed by atoms with E-state index in [1.807, 2.05) is 6.07 Å². The van der Waals surface area contributed by atoms with Gasteiger partial charge in [0.05, 0.1) is 6.04 Å². The molecule has 0 radical (unpaired) electrons. The molecule has 2 rings (SSSR count). The number of rotatable bonds is 2. The molecule has 0 aromatic carbocycles. The summed E-state index contributed by atoms with van der Waals surface area (Å²) < 4.78 is 6.45. The Morgan fingerprint density at radius 3 is 2.40 bits per heavy atom. The molecule has 0 aliphatic carbocycles. The molecule has 1 fully saturated rings. The smallest absolute Gasteiger partial charge is 0.169 e. The van der Waals surface area contributed by atoms with Crippen molar-refractivity contribution in [2.24, 2.45) is 0 Å². The molecule has 1 aliphatic rings. The van der Waals surface area contributed by atoms with Gasteiger partial charge in [-0.15, -0.1) is 0 Å². The second-order valence-electron chi connectivity index (χ2n) is 4.27. The molecule has 1 aromatic rings. The SMILES string of the molecule is CC(c1ccc(Br)o1)N1CCCCCC1. The molecule has 0 saturated carbocycles. The minimum absolute atomic E-state index is 0.411. The normalized spacial score (nSPS) is 21.2. The number of hydrogen-bond donors (Lipinski definition) is 0. The third-order valence-corrected chi connectivity index (χ3v) is 3.62. The van der Waals surface area contributed by atoms with E-state index in [-0.39, 0.29) is 0 Å². The largest absolute Gasteiger partial charge is 0.453 e. The van der Waals surface area contributed by atoms with Crippen LogP contribution in [0.3, 0.4) is 0 Å². The molecule has 2 nitrogen and oxygen atoms in total. The summed E-state index contributed by atoms with van der Waals surface area (Å²) in [4.78, 5) is 2.53. The summed E-state index contributed by atoms with van der Waals surface area (Å²) in [6.45, 7) is 4.65. The van der Waals surface area contributed by atoms with Crippen LogP contribution in [-0.2, 0) is 0 Å². The summed E-state index contributed by atoms with van der Waals surface area (Å²) in [5.41, 5.74) is 0. The van der Waals surface area contributed by atoms with Gasteiger partial charge in [-0.3, -0.25) is 4.90 Å². The second-order valence-corrected chi connectivity index (χ2v) is 5.05. The van der Waals surface area contributed by atoms with Crippen LogP contribution >= 0.6 is 15.9 Å². The Balaban J connectivity index is 2.02.